The molecule has 1 unspecified atom stereocenters. The number of hydrogen-bond acceptors (Lipinski definition) is 4. The zero-order valence-electron chi connectivity index (χ0n) is 11.6. The van der Waals surface area contributed by atoms with Crippen LogP contribution in [0.5, 0.6) is 0 Å². The minimum absolute atomic E-state index is 0.187. The van der Waals surface area contributed by atoms with E-state index in [1.54, 1.807) is 19.1 Å². The van der Waals surface area contributed by atoms with E-state index >= 15 is 0 Å². The number of aryl methyl sites for hydroxylation is 1. The van der Waals surface area contributed by atoms with Gasteiger partial charge in [-0.3, -0.25) is 10.1 Å². The van der Waals surface area contributed by atoms with E-state index in [4.69, 9.17) is 0 Å². The van der Waals surface area contributed by atoms with Gasteiger partial charge in [-0.2, -0.15) is 0 Å². The quantitative estimate of drug-likeness (QED) is 0.655. The molecule has 1 aromatic rings. The fourth-order valence-corrected chi connectivity index (χ4v) is 2.54. The molecule has 1 atom stereocenters. The summed E-state index contributed by atoms with van der Waals surface area (Å²) in [5.41, 5.74) is 1.73. The fourth-order valence-electron chi connectivity index (χ4n) is 2.54. The molecule has 5 heteroatoms. The molecular formula is C14H21N3O2. The summed E-state index contributed by atoms with van der Waals surface area (Å²) in [5, 5.41) is 14.2. The fraction of sp³-hybridized carbons (Fsp3) is 0.571. The molecule has 2 rings (SSSR count). The first-order valence-electron chi connectivity index (χ1n) is 6.81. The van der Waals surface area contributed by atoms with Gasteiger partial charge < -0.3 is 10.2 Å². The van der Waals surface area contributed by atoms with Crippen molar-refractivity contribution >= 4 is 11.4 Å². The maximum Gasteiger partial charge on any atom is 0.274 e. The Morgan fingerprint density at radius 2 is 2.32 bits per heavy atom. The summed E-state index contributed by atoms with van der Waals surface area (Å²) in [4.78, 5) is 13.0. The van der Waals surface area contributed by atoms with E-state index in [1.807, 2.05) is 6.07 Å². The van der Waals surface area contributed by atoms with Crippen LogP contribution in [0, 0.1) is 23.0 Å². The second-order valence-electron chi connectivity index (χ2n) is 5.19. The van der Waals surface area contributed by atoms with E-state index in [0.29, 0.717) is 11.5 Å². The first kappa shape index (κ1) is 13.8. The van der Waals surface area contributed by atoms with Crippen LogP contribution in [-0.2, 0) is 0 Å². The molecule has 0 amide bonds. The van der Waals surface area contributed by atoms with Gasteiger partial charge >= 0.3 is 0 Å². The van der Waals surface area contributed by atoms with Crippen molar-refractivity contribution in [1.82, 2.24) is 4.90 Å². The predicted octanol–water partition coefficient (Wildman–Crippen LogP) is 2.66. The molecule has 0 spiro atoms. The van der Waals surface area contributed by atoms with Crippen molar-refractivity contribution in [2.24, 2.45) is 5.92 Å². The maximum atomic E-state index is 10.9. The Labute approximate surface area is 113 Å². The molecule has 1 aromatic carbocycles. The van der Waals surface area contributed by atoms with Crippen molar-refractivity contribution in [2.75, 3.05) is 31.5 Å². The van der Waals surface area contributed by atoms with E-state index < -0.39 is 0 Å². The maximum absolute atomic E-state index is 10.9. The van der Waals surface area contributed by atoms with E-state index in [9.17, 15) is 10.1 Å². The van der Waals surface area contributed by atoms with Gasteiger partial charge in [0.05, 0.1) is 4.92 Å². The average Bonchev–Trinajstić information content (AvgIpc) is 2.85. The van der Waals surface area contributed by atoms with E-state index in [2.05, 4.69) is 17.1 Å². The Kier molecular flexibility index (Phi) is 4.37. The summed E-state index contributed by atoms with van der Waals surface area (Å²) in [5.74, 6) is 0.639. The SMILES string of the molecule is CCN1CCC(CNc2ccc(C)c([N+](=O)[O-])c2)C1. The number of benzene rings is 1. The van der Waals surface area contributed by atoms with Gasteiger partial charge in [0.25, 0.3) is 5.69 Å². The van der Waals surface area contributed by atoms with Crippen LogP contribution in [0.25, 0.3) is 0 Å². The Morgan fingerprint density at radius 3 is 2.95 bits per heavy atom. The van der Waals surface area contributed by atoms with Crippen molar-refractivity contribution in [2.45, 2.75) is 20.3 Å². The van der Waals surface area contributed by atoms with Gasteiger partial charge in [-0.1, -0.05) is 13.0 Å². The lowest BCUT2D eigenvalue weighted by Gasteiger charge is -2.14. The number of nitro benzene ring substituents is 1. The summed E-state index contributed by atoms with van der Waals surface area (Å²) in [7, 11) is 0. The van der Waals surface area contributed by atoms with Gasteiger partial charge in [-0.15, -0.1) is 0 Å². The number of anilines is 1. The van der Waals surface area contributed by atoms with Gasteiger partial charge in [0, 0.05) is 30.4 Å². The molecule has 1 saturated heterocycles. The average molecular weight is 263 g/mol. The van der Waals surface area contributed by atoms with Crippen molar-refractivity contribution < 1.29 is 4.92 Å². The number of nitro groups is 1. The first-order chi connectivity index (χ1) is 9.10. The summed E-state index contributed by atoms with van der Waals surface area (Å²) in [6.07, 6.45) is 1.20. The summed E-state index contributed by atoms with van der Waals surface area (Å²) < 4.78 is 0. The standard InChI is InChI=1S/C14H21N3O2/c1-3-16-7-6-12(10-16)9-15-13-5-4-11(2)14(8-13)17(18)19/h4-5,8,12,15H,3,6-7,9-10H2,1-2H3. The van der Waals surface area contributed by atoms with Crippen LogP contribution in [0.2, 0.25) is 0 Å². The van der Waals surface area contributed by atoms with Crippen LogP contribution in [-0.4, -0.2) is 36.0 Å². The Bertz CT molecular complexity index is 462. The summed E-state index contributed by atoms with van der Waals surface area (Å²) >= 11 is 0. The molecule has 0 aromatic heterocycles. The van der Waals surface area contributed by atoms with E-state index in [-0.39, 0.29) is 10.6 Å². The number of hydrogen-bond donors (Lipinski definition) is 1. The monoisotopic (exact) mass is 263 g/mol. The highest BCUT2D eigenvalue weighted by molar-refractivity contribution is 5.54. The molecule has 1 aliphatic heterocycles. The highest BCUT2D eigenvalue weighted by atomic mass is 16.6. The topological polar surface area (TPSA) is 58.4 Å². The molecule has 1 fully saturated rings. The van der Waals surface area contributed by atoms with Crippen molar-refractivity contribution in [3.63, 3.8) is 0 Å². The van der Waals surface area contributed by atoms with Crippen LogP contribution >= 0.6 is 0 Å². The predicted molar refractivity (Wildman–Crippen MR) is 76.5 cm³/mol. The van der Waals surface area contributed by atoms with Gasteiger partial charge in [0.1, 0.15) is 0 Å². The molecule has 1 heterocycles. The number of likely N-dealkylation sites (tertiary alicyclic amines) is 1. The Morgan fingerprint density at radius 1 is 1.53 bits per heavy atom. The molecule has 1 aliphatic rings. The van der Waals surface area contributed by atoms with Crippen LogP contribution in [0.4, 0.5) is 11.4 Å². The summed E-state index contributed by atoms with van der Waals surface area (Å²) in [6, 6.07) is 5.34. The minimum Gasteiger partial charge on any atom is -0.385 e. The van der Waals surface area contributed by atoms with Crippen LogP contribution < -0.4 is 5.32 Å². The van der Waals surface area contributed by atoms with Gasteiger partial charge in [-0.25, -0.2) is 0 Å². The molecule has 1 N–H and O–H groups in total. The molecular weight excluding hydrogens is 242 g/mol. The normalized spacial score (nSPS) is 19.6. The lowest BCUT2D eigenvalue weighted by Crippen LogP contribution is -2.22. The summed E-state index contributed by atoms with van der Waals surface area (Å²) in [6.45, 7) is 8.22. The van der Waals surface area contributed by atoms with Crippen LogP contribution in [0.3, 0.4) is 0 Å². The molecule has 0 bridgehead atoms. The third-order valence-electron chi connectivity index (χ3n) is 3.82. The zero-order valence-corrected chi connectivity index (χ0v) is 11.6. The van der Waals surface area contributed by atoms with Crippen molar-refractivity contribution in [3.05, 3.63) is 33.9 Å². The van der Waals surface area contributed by atoms with Crippen molar-refractivity contribution in [3.8, 4) is 0 Å². The van der Waals surface area contributed by atoms with Gasteiger partial charge in [0.2, 0.25) is 0 Å². The third-order valence-corrected chi connectivity index (χ3v) is 3.82. The molecule has 104 valence electrons. The molecule has 0 saturated carbocycles. The second-order valence-corrected chi connectivity index (χ2v) is 5.19. The number of rotatable bonds is 5. The number of nitrogens with zero attached hydrogens (tertiary/aromatic N) is 2. The van der Waals surface area contributed by atoms with Crippen LogP contribution in [0.15, 0.2) is 18.2 Å². The Balaban J connectivity index is 1.93. The second kappa shape index (κ2) is 6.02. The molecule has 5 nitrogen and oxygen atoms in total. The Hall–Kier alpha value is -1.62. The van der Waals surface area contributed by atoms with Gasteiger partial charge in [0.15, 0.2) is 0 Å². The minimum atomic E-state index is -0.325. The van der Waals surface area contributed by atoms with Gasteiger partial charge in [-0.05, 0) is 38.4 Å². The first-order valence-corrected chi connectivity index (χ1v) is 6.81. The van der Waals surface area contributed by atoms with E-state index in [0.717, 1.165) is 31.9 Å². The highest BCUT2D eigenvalue weighted by Gasteiger charge is 2.21. The molecule has 19 heavy (non-hydrogen) atoms. The van der Waals surface area contributed by atoms with E-state index in [1.165, 1.54) is 6.42 Å². The zero-order chi connectivity index (χ0) is 13.8. The smallest absolute Gasteiger partial charge is 0.274 e. The lowest BCUT2D eigenvalue weighted by atomic mass is 10.1. The van der Waals surface area contributed by atoms with Crippen molar-refractivity contribution in [1.29, 1.82) is 0 Å². The third kappa shape index (κ3) is 3.44. The largest absolute Gasteiger partial charge is 0.385 e. The number of nitrogens with one attached hydrogen (secondary N) is 1. The molecule has 0 aliphatic carbocycles. The lowest BCUT2D eigenvalue weighted by molar-refractivity contribution is -0.385. The van der Waals surface area contributed by atoms with Crippen LogP contribution in [0.1, 0.15) is 18.9 Å². The highest BCUT2D eigenvalue weighted by Crippen LogP contribution is 2.23. The molecule has 0 radical (unpaired) electrons.